The number of thioether (sulfide) groups is 1. The van der Waals surface area contributed by atoms with Crippen LogP contribution in [0.25, 0.3) is 0 Å². The smallest absolute Gasteiger partial charge is 0.238 e. The summed E-state index contributed by atoms with van der Waals surface area (Å²) in [4.78, 5) is 12.0. The van der Waals surface area contributed by atoms with Gasteiger partial charge in [-0.25, -0.2) is 0 Å². The molecule has 0 unspecified atom stereocenters. The number of benzene rings is 2. The summed E-state index contributed by atoms with van der Waals surface area (Å²) in [5.74, 6) is 1.77. The molecule has 1 heterocycles. The SMILES string of the molecule is Cl.O=C(NCc1cccc(COCc2ccccc2)c1)[C@H]1CSCN1. The van der Waals surface area contributed by atoms with Gasteiger partial charge in [0.05, 0.1) is 19.3 Å². The molecule has 25 heavy (non-hydrogen) atoms. The molecule has 0 aliphatic carbocycles. The van der Waals surface area contributed by atoms with Crippen molar-refractivity contribution in [3.8, 4) is 0 Å². The second-order valence-corrected chi connectivity index (χ2v) is 6.82. The van der Waals surface area contributed by atoms with E-state index in [1.54, 1.807) is 11.8 Å². The predicted octanol–water partition coefficient (Wildman–Crippen LogP) is 3.10. The number of halogens is 1. The largest absolute Gasteiger partial charge is 0.372 e. The summed E-state index contributed by atoms with van der Waals surface area (Å²) in [6.45, 7) is 1.72. The maximum atomic E-state index is 12.0. The van der Waals surface area contributed by atoms with Gasteiger partial charge in [-0.3, -0.25) is 10.1 Å². The van der Waals surface area contributed by atoms with Crippen molar-refractivity contribution in [1.29, 1.82) is 0 Å². The summed E-state index contributed by atoms with van der Waals surface area (Å²) in [6, 6.07) is 18.2. The first-order valence-corrected chi connectivity index (χ1v) is 9.25. The molecule has 1 aliphatic heterocycles. The van der Waals surface area contributed by atoms with Crippen LogP contribution in [0.5, 0.6) is 0 Å². The zero-order valence-electron chi connectivity index (χ0n) is 13.9. The van der Waals surface area contributed by atoms with E-state index in [2.05, 4.69) is 28.8 Å². The van der Waals surface area contributed by atoms with Crippen LogP contribution in [0.1, 0.15) is 16.7 Å². The molecule has 2 N–H and O–H groups in total. The van der Waals surface area contributed by atoms with Gasteiger partial charge >= 0.3 is 0 Å². The summed E-state index contributed by atoms with van der Waals surface area (Å²) in [5, 5.41) is 6.17. The van der Waals surface area contributed by atoms with Gasteiger partial charge < -0.3 is 10.1 Å². The number of carbonyl (C=O) groups is 1. The van der Waals surface area contributed by atoms with E-state index in [1.165, 1.54) is 5.56 Å². The van der Waals surface area contributed by atoms with Gasteiger partial charge in [-0.2, -0.15) is 0 Å². The number of amides is 1. The van der Waals surface area contributed by atoms with Crippen molar-refractivity contribution in [2.45, 2.75) is 25.8 Å². The third kappa shape index (κ3) is 6.36. The van der Waals surface area contributed by atoms with E-state index in [0.717, 1.165) is 22.8 Å². The van der Waals surface area contributed by atoms with E-state index in [9.17, 15) is 4.79 Å². The summed E-state index contributed by atoms with van der Waals surface area (Å²) < 4.78 is 5.77. The average molecular weight is 379 g/mol. The first-order chi connectivity index (χ1) is 11.8. The summed E-state index contributed by atoms with van der Waals surface area (Å²) in [7, 11) is 0. The third-order valence-corrected chi connectivity index (χ3v) is 4.81. The Balaban J connectivity index is 0.00000225. The molecule has 1 amide bonds. The van der Waals surface area contributed by atoms with E-state index < -0.39 is 0 Å². The summed E-state index contributed by atoms with van der Waals surface area (Å²) >= 11 is 1.75. The monoisotopic (exact) mass is 378 g/mol. The van der Waals surface area contributed by atoms with Crippen molar-refractivity contribution >= 4 is 30.1 Å². The van der Waals surface area contributed by atoms with Crippen LogP contribution in [0.3, 0.4) is 0 Å². The Hall–Kier alpha value is -1.53. The van der Waals surface area contributed by atoms with Crippen molar-refractivity contribution in [2.24, 2.45) is 0 Å². The standard InChI is InChI=1S/C19H22N2O2S.ClH/c22-19(18-13-24-14-21-18)20-10-16-7-4-8-17(9-16)12-23-11-15-5-2-1-3-6-15;/h1-9,18,21H,10-14H2,(H,20,22);1H/t18-;/m1./s1. The fourth-order valence-electron chi connectivity index (χ4n) is 2.57. The van der Waals surface area contributed by atoms with Crippen LogP contribution in [0.2, 0.25) is 0 Å². The normalized spacial score (nSPS) is 16.2. The molecule has 1 aliphatic rings. The van der Waals surface area contributed by atoms with Crippen LogP contribution >= 0.6 is 24.2 Å². The Labute approximate surface area is 159 Å². The van der Waals surface area contributed by atoms with E-state index in [-0.39, 0.29) is 24.4 Å². The lowest BCUT2D eigenvalue weighted by Crippen LogP contribution is -2.41. The lowest BCUT2D eigenvalue weighted by atomic mass is 10.1. The van der Waals surface area contributed by atoms with Gasteiger partial charge in [-0.15, -0.1) is 24.2 Å². The molecule has 6 heteroatoms. The number of rotatable bonds is 7. The van der Waals surface area contributed by atoms with Gasteiger partial charge in [0.2, 0.25) is 5.91 Å². The molecule has 1 fully saturated rings. The van der Waals surface area contributed by atoms with Crippen LogP contribution < -0.4 is 10.6 Å². The molecule has 0 bridgehead atoms. The minimum Gasteiger partial charge on any atom is -0.372 e. The maximum Gasteiger partial charge on any atom is 0.238 e. The van der Waals surface area contributed by atoms with E-state index in [0.29, 0.717) is 19.8 Å². The summed E-state index contributed by atoms with van der Waals surface area (Å²) in [6.07, 6.45) is 0. The zero-order chi connectivity index (χ0) is 16.6. The lowest BCUT2D eigenvalue weighted by molar-refractivity contribution is -0.122. The molecule has 0 radical (unpaired) electrons. The number of ether oxygens (including phenoxy) is 1. The minimum absolute atomic E-state index is 0. The molecule has 4 nitrogen and oxygen atoms in total. The minimum atomic E-state index is -0.0626. The summed E-state index contributed by atoms with van der Waals surface area (Å²) in [5.41, 5.74) is 3.38. The van der Waals surface area contributed by atoms with E-state index in [1.807, 2.05) is 36.4 Å². The zero-order valence-corrected chi connectivity index (χ0v) is 15.6. The van der Waals surface area contributed by atoms with Crippen LogP contribution in [0, 0.1) is 0 Å². The quantitative estimate of drug-likeness (QED) is 0.777. The Morgan fingerprint density at radius 1 is 1.08 bits per heavy atom. The first-order valence-electron chi connectivity index (χ1n) is 8.09. The number of hydrogen-bond donors (Lipinski definition) is 2. The molecule has 1 atom stereocenters. The van der Waals surface area contributed by atoms with Gasteiger partial charge in [0.1, 0.15) is 0 Å². The van der Waals surface area contributed by atoms with Gasteiger partial charge in [0, 0.05) is 18.2 Å². The molecular formula is C19H23ClN2O2S. The Bertz CT molecular complexity index is 663. The van der Waals surface area contributed by atoms with E-state index in [4.69, 9.17) is 4.74 Å². The van der Waals surface area contributed by atoms with Crippen LogP contribution in [-0.4, -0.2) is 23.6 Å². The van der Waals surface area contributed by atoms with E-state index >= 15 is 0 Å². The molecule has 2 aromatic carbocycles. The maximum absolute atomic E-state index is 12.0. The Morgan fingerprint density at radius 3 is 2.56 bits per heavy atom. The molecule has 0 spiro atoms. The lowest BCUT2D eigenvalue weighted by Gasteiger charge is -2.11. The molecule has 0 aromatic heterocycles. The Kier molecular flexibility index (Phi) is 8.28. The highest BCUT2D eigenvalue weighted by atomic mass is 35.5. The van der Waals surface area contributed by atoms with Gasteiger partial charge in [-0.05, 0) is 16.7 Å². The third-order valence-electron chi connectivity index (χ3n) is 3.87. The van der Waals surface area contributed by atoms with Crippen molar-refractivity contribution in [2.75, 3.05) is 11.6 Å². The average Bonchev–Trinajstić information content (AvgIpc) is 3.16. The predicted molar refractivity (Wildman–Crippen MR) is 105 cm³/mol. The molecule has 0 saturated carbocycles. The Morgan fingerprint density at radius 2 is 1.80 bits per heavy atom. The second kappa shape index (κ2) is 10.5. The fourth-order valence-corrected chi connectivity index (χ4v) is 3.51. The van der Waals surface area contributed by atoms with Crippen molar-refractivity contribution in [1.82, 2.24) is 10.6 Å². The first kappa shape index (κ1) is 19.8. The van der Waals surface area contributed by atoms with Crippen molar-refractivity contribution in [3.05, 3.63) is 71.3 Å². The molecule has 134 valence electrons. The molecule has 2 aromatic rings. The highest BCUT2D eigenvalue weighted by Crippen LogP contribution is 2.11. The van der Waals surface area contributed by atoms with Gasteiger partial charge in [-0.1, -0.05) is 54.6 Å². The van der Waals surface area contributed by atoms with Crippen LogP contribution in [-0.2, 0) is 29.3 Å². The fraction of sp³-hybridized carbons (Fsp3) is 0.316. The van der Waals surface area contributed by atoms with Crippen molar-refractivity contribution < 1.29 is 9.53 Å². The van der Waals surface area contributed by atoms with Crippen molar-refractivity contribution in [3.63, 3.8) is 0 Å². The number of nitrogens with one attached hydrogen (secondary N) is 2. The molecular weight excluding hydrogens is 356 g/mol. The topological polar surface area (TPSA) is 50.4 Å². The van der Waals surface area contributed by atoms with Gasteiger partial charge in [0.15, 0.2) is 0 Å². The second-order valence-electron chi connectivity index (χ2n) is 5.79. The van der Waals surface area contributed by atoms with Crippen LogP contribution in [0.4, 0.5) is 0 Å². The molecule has 1 saturated heterocycles. The number of hydrogen-bond acceptors (Lipinski definition) is 4. The highest BCUT2D eigenvalue weighted by Gasteiger charge is 2.21. The highest BCUT2D eigenvalue weighted by molar-refractivity contribution is 7.99. The van der Waals surface area contributed by atoms with Gasteiger partial charge in [0.25, 0.3) is 0 Å². The van der Waals surface area contributed by atoms with Crippen LogP contribution in [0.15, 0.2) is 54.6 Å². The number of carbonyl (C=O) groups excluding carboxylic acids is 1. The molecule has 3 rings (SSSR count).